The first kappa shape index (κ1) is 17.1. The van der Waals surface area contributed by atoms with Gasteiger partial charge < -0.3 is 5.73 Å². The molecule has 1 atom stereocenters. The second kappa shape index (κ2) is 7.37. The van der Waals surface area contributed by atoms with Crippen molar-refractivity contribution >= 4 is 33.5 Å². The summed E-state index contributed by atoms with van der Waals surface area (Å²) < 4.78 is 27.9. The minimum atomic E-state index is -3.47. The van der Waals surface area contributed by atoms with Crippen molar-refractivity contribution < 1.29 is 8.42 Å². The average molecular weight is 347 g/mol. The molecule has 1 unspecified atom stereocenters. The molecule has 118 valence electrons. The normalized spacial score (nSPS) is 19.7. The van der Waals surface area contributed by atoms with E-state index < -0.39 is 10.0 Å². The van der Waals surface area contributed by atoms with Crippen LogP contribution in [0.2, 0.25) is 0 Å². The van der Waals surface area contributed by atoms with Crippen molar-refractivity contribution in [3.63, 3.8) is 0 Å². The first-order valence-corrected chi connectivity index (χ1v) is 10.6. The second-order valence-corrected chi connectivity index (χ2v) is 9.45. The van der Waals surface area contributed by atoms with Gasteiger partial charge in [0, 0.05) is 35.6 Å². The molecule has 0 aromatic heterocycles. The quantitative estimate of drug-likeness (QED) is 0.852. The standard InChI is InChI=1S/C14H22N2O2S3/c1-10-5-12(7-15)6-14(11(10)2)21(17,18)16-8-13-9-19-3-4-20-13/h5-6,13,16H,3-4,7-9,15H2,1-2H3. The third kappa shape index (κ3) is 4.39. The van der Waals surface area contributed by atoms with Crippen LogP contribution in [0.15, 0.2) is 17.0 Å². The van der Waals surface area contributed by atoms with E-state index in [0.717, 1.165) is 33.9 Å². The van der Waals surface area contributed by atoms with Crippen LogP contribution in [0.3, 0.4) is 0 Å². The summed E-state index contributed by atoms with van der Waals surface area (Å²) in [5.41, 5.74) is 8.25. The fourth-order valence-corrected chi connectivity index (χ4v) is 6.39. The van der Waals surface area contributed by atoms with Gasteiger partial charge in [-0.25, -0.2) is 13.1 Å². The molecule has 0 amide bonds. The molecule has 3 N–H and O–H groups in total. The molecular weight excluding hydrogens is 324 g/mol. The number of thioether (sulfide) groups is 2. The van der Waals surface area contributed by atoms with E-state index in [-0.39, 0.29) is 0 Å². The number of benzene rings is 1. The number of sulfonamides is 1. The summed E-state index contributed by atoms with van der Waals surface area (Å²) in [5, 5.41) is 0.359. The van der Waals surface area contributed by atoms with Crippen molar-refractivity contribution in [3.05, 3.63) is 28.8 Å². The maximum atomic E-state index is 12.5. The molecule has 1 aromatic carbocycles. The van der Waals surface area contributed by atoms with Crippen LogP contribution in [0.25, 0.3) is 0 Å². The van der Waals surface area contributed by atoms with Gasteiger partial charge in [0.25, 0.3) is 0 Å². The molecular formula is C14H22N2O2S3. The summed E-state index contributed by atoms with van der Waals surface area (Å²) in [6.45, 7) is 4.60. The topological polar surface area (TPSA) is 72.2 Å². The summed E-state index contributed by atoms with van der Waals surface area (Å²) in [5.74, 6) is 3.26. The van der Waals surface area contributed by atoms with Crippen LogP contribution in [0.5, 0.6) is 0 Å². The van der Waals surface area contributed by atoms with Crippen LogP contribution in [-0.4, -0.2) is 37.5 Å². The zero-order valence-corrected chi connectivity index (χ0v) is 14.8. The predicted octanol–water partition coefficient (Wildman–Crippen LogP) is 1.89. The van der Waals surface area contributed by atoms with E-state index in [1.807, 2.05) is 43.4 Å². The van der Waals surface area contributed by atoms with Crippen LogP contribution in [0.1, 0.15) is 16.7 Å². The van der Waals surface area contributed by atoms with Gasteiger partial charge in [-0.3, -0.25) is 0 Å². The highest BCUT2D eigenvalue weighted by Gasteiger charge is 2.22. The average Bonchev–Trinajstić information content (AvgIpc) is 2.48. The molecule has 0 bridgehead atoms. The number of nitrogens with one attached hydrogen (secondary N) is 1. The minimum Gasteiger partial charge on any atom is -0.326 e. The number of hydrogen-bond acceptors (Lipinski definition) is 5. The molecule has 1 saturated heterocycles. The molecule has 0 saturated carbocycles. The molecule has 0 aliphatic carbocycles. The van der Waals surface area contributed by atoms with Gasteiger partial charge >= 0.3 is 0 Å². The first-order valence-electron chi connectivity index (χ1n) is 6.93. The molecule has 4 nitrogen and oxygen atoms in total. The van der Waals surface area contributed by atoms with Crippen LogP contribution in [0, 0.1) is 13.8 Å². The van der Waals surface area contributed by atoms with Crippen molar-refractivity contribution in [2.24, 2.45) is 5.73 Å². The molecule has 1 fully saturated rings. The Morgan fingerprint density at radius 3 is 2.71 bits per heavy atom. The molecule has 1 aromatic rings. The fourth-order valence-electron chi connectivity index (χ4n) is 2.23. The summed E-state index contributed by atoms with van der Waals surface area (Å²) >= 11 is 3.74. The maximum Gasteiger partial charge on any atom is 0.240 e. The van der Waals surface area contributed by atoms with Gasteiger partial charge in [0.15, 0.2) is 0 Å². The summed E-state index contributed by atoms with van der Waals surface area (Å²) in [6, 6.07) is 3.63. The Bertz CT molecular complexity index is 596. The van der Waals surface area contributed by atoms with E-state index in [4.69, 9.17) is 5.73 Å². The lowest BCUT2D eigenvalue weighted by Gasteiger charge is -2.21. The Balaban J connectivity index is 2.16. The van der Waals surface area contributed by atoms with Crippen LogP contribution >= 0.6 is 23.5 Å². The lowest BCUT2D eigenvalue weighted by Crippen LogP contribution is -2.34. The number of nitrogens with two attached hydrogens (primary N) is 1. The van der Waals surface area contributed by atoms with Gasteiger partial charge in [0.1, 0.15) is 0 Å². The monoisotopic (exact) mass is 346 g/mol. The van der Waals surface area contributed by atoms with Gasteiger partial charge in [-0.15, -0.1) is 0 Å². The van der Waals surface area contributed by atoms with E-state index >= 15 is 0 Å². The molecule has 7 heteroatoms. The highest BCUT2D eigenvalue weighted by molar-refractivity contribution is 8.06. The van der Waals surface area contributed by atoms with E-state index in [1.54, 1.807) is 6.07 Å². The van der Waals surface area contributed by atoms with Crippen molar-refractivity contribution in [1.82, 2.24) is 4.72 Å². The van der Waals surface area contributed by atoms with Crippen LogP contribution in [-0.2, 0) is 16.6 Å². The Kier molecular flexibility index (Phi) is 6.02. The summed E-state index contributed by atoms with van der Waals surface area (Å²) in [4.78, 5) is 0.358. The maximum absolute atomic E-state index is 12.5. The van der Waals surface area contributed by atoms with Gasteiger partial charge in [0.2, 0.25) is 10.0 Å². The van der Waals surface area contributed by atoms with Gasteiger partial charge in [-0.05, 0) is 36.6 Å². The molecule has 1 aliphatic rings. The third-order valence-corrected chi connectivity index (χ3v) is 7.99. The predicted molar refractivity (Wildman–Crippen MR) is 92.6 cm³/mol. The third-order valence-electron chi connectivity index (χ3n) is 3.59. The number of aryl methyl sites for hydroxylation is 1. The van der Waals surface area contributed by atoms with Crippen LogP contribution < -0.4 is 10.5 Å². The number of hydrogen-bond donors (Lipinski definition) is 2. The van der Waals surface area contributed by atoms with Crippen molar-refractivity contribution in [2.75, 3.05) is 23.8 Å². The molecule has 21 heavy (non-hydrogen) atoms. The van der Waals surface area contributed by atoms with Gasteiger partial charge in [0.05, 0.1) is 4.90 Å². The van der Waals surface area contributed by atoms with E-state index in [9.17, 15) is 8.42 Å². The first-order chi connectivity index (χ1) is 9.94. The highest BCUT2D eigenvalue weighted by Crippen LogP contribution is 2.25. The SMILES string of the molecule is Cc1cc(CN)cc(S(=O)(=O)NCC2CSCCS2)c1C. The smallest absolute Gasteiger partial charge is 0.240 e. The molecule has 0 radical (unpaired) electrons. The molecule has 0 spiro atoms. The Morgan fingerprint density at radius 1 is 1.33 bits per heavy atom. The lowest BCUT2D eigenvalue weighted by atomic mass is 10.1. The highest BCUT2D eigenvalue weighted by atomic mass is 32.2. The molecule has 1 heterocycles. The Hall–Kier alpha value is -0.210. The number of rotatable bonds is 5. The van der Waals surface area contributed by atoms with Crippen molar-refractivity contribution in [1.29, 1.82) is 0 Å². The summed E-state index contributed by atoms with van der Waals surface area (Å²) in [7, 11) is -3.47. The second-order valence-electron chi connectivity index (χ2n) is 5.16. The summed E-state index contributed by atoms with van der Waals surface area (Å²) in [6.07, 6.45) is 0. The van der Waals surface area contributed by atoms with E-state index in [1.165, 1.54) is 0 Å². The van der Waals surface area contributed by atoms with E-state index in [0.29, 0.717) is 23.2 Å². The Labute approximate surface area is 135 Å². The zero-order valence-electron chi connectivity index (χ0n) is 12.4. The van der Waals surface area contributed by atoms with Gasteiger partial charge in [-0.2, -0.15) is 23.5 Å². The minimum absolute atomic E-state index is 0.346. The van der Waals surface area contributed by atoms with Crippen molar-refractivity contribution in [2.45, 2.75) is 30.5 Å². The largest absolute Gasteiger partial charge is 0.326 e. The molecule has 2 rings (SSSR count). The fraction of sp³-hybridized carbons (Fsp3) is 0.571. The Morgan fingerprint density at radius 2 is 2.10 bits per heavy atom. The zero-order chi connectivity index (χ0) is 15.5. The van der Waals surface area contributed by atoms with Gasteiger partial charge in [-0.1, -0.05) is 6.07 Å². The lowest BCUT2D eigenvalue weighted by molar-refractivity contribution is 0.580. The van der Waals surface area contributed by atoms with Crippen LogP contribution in [0.4, 0.5) is 0 Å². The van der Waals surface area contributed by atoms with Crippen molar-refractivity contribution in [3.8, 4) is 0 Å². The van der Waals surface area contributed by atoms with E-state index in [2.05, 4.69) is 4.72 Å². The molecule has 1 aliphatic heterocycles.